The summed E-state index contributed by atoms with van der Waals surface area (Å²) in [7, 11) is 1.78. The number of nitrogens with zero attached hydrogens (tertiary/aromatic N) is 1. The van der Waals surface area contributed by atoms with E-state index in [1.807, 2.05) is 13.8 Å². The van der Waals surface area contributed by atoms with Gasteiger partial charge in [0.05, 0.1) is 12.7 Å². The average Bonchev–Trinajstić information content (AvgIpc) is 2.86. The number of carbonyl (C=O) groups is 1. The third kappa shape index (κ3) is 5.93. The van der Waals surface area contributed by atoms with Gasteiger partial charge >= 0.3 is 5.97 Å². The second kappa shape index (κ2) is 8.71. The summed E-state index contributed by atoms with van der Waals surface area (Å²) in [5, 5.41) is 3.37. The van der Waals surface area contributed by atoms with Crippen molar-refractivity contribution in [3.05, 3.63) is 0 Å². The zero-order valence-electron chi connectivity index (χ0n) is 14.3. The smallest absolute Gasteiger partial charge is 0.326 e. The summed E-state index contributed by atoms with van der Waals surface area (Å²) in [6.07, 6.45) is 3.25. The van der Waals surface area contributed by atoms with Crippen molar-refractivity contribution in [2.45, 2.75) is 64.6 Å². The fourth-order valence-corrected chi connectivity index (χ4v) is 3.01. The van der Waals surface area contributed by atoms with Crippen LogP contribution in [0.4, 0.5) is 0 Å². The van der Waals surface area contributed by atoms with E-state index in [0.717, 1.165) is 38.9 Å². The monoisotopic (exact) mass is 300 g/mol. The average molecular weight is 300 g/mol. The highest BCUT2D eigenvalue weighted by atomic mass is 16.5. The largest absolute Gasteiger partial charge is 0.465 e. The molecule has 0 saturated carbocycles. The molecule has 2 atom stereocenters. The van der Waals surface area contributed by atoms with Crippen molar-refractivity contribution in [1.29, 1.82) is 0 Å². The van der Waals surface area contributed by atoms with Crippen LogP contribution in [0, 0.1) is 0 Å². The molecule has 0 radical (unpaired) electrons. The van der Waals surface area contributed by atoms with Gasteiger partial charge in [0.15, 0.2) is 0 Å². The Morgan fingerprint density at radius 1 is 1.48 bits per heavy atom. The standard InChI is InChI=1S/C16H32N2O3/c1-6-21-15(19)16(4,17-13(2)3)9-7-10-18-11-8-14(12-18)20-5/h13-14,17H,6-12H2,1-5H3. The number of hydrogen-bond donors (Lipinski definition) is 1. The molecule has 0 amide bonds. The van der Waals surface area contributed by atoms with Crippen molar-refractivity contribution in [3.8, 4) is 0 Å². The first-order valence-corrected chi connectivity index (χ1v) is 8.11. The molecule has 1 aliphatic rings. The molecule has 0 aromatic carbocycles. The molecule has 1 rings (SSSR count). The Balaban J connectivity index is 2.44. The van der Waals surface area contributed by atoms with Crippen molar-refractivity contribution in [2.24, 2.45) is 0 Å². The van der Waals surface area contributed by atoms with E-state index in [1.165, 1.54) is 0 Å². The molecule has 0 aromatic rings. The van der Waals surface area contributed by atoms with Crippen LogP contribution in [0.2, 0.25) is 0 Å². The summed E-state index contributed by atoms with van der Waals surface area (Å²) in [4.78, 5) is 14.6. The fraction of sp³-hybridized carbons (Fsp3) is 0.938. The third-order valence-corrected chi connectivity index (χ3v) is 4.05. The summed E-state index contributed by atoms with van der Waals surface area (Å²) < 4.78 is 10.6. The number of methoxy groups -OCH3 is 1. The minimum atomic E-state index is -0.593. The lowest BCUT2D eigenvalue weighted by Gasteiger charge is -2.31. The Kier molecular flexibility index (Phi) is 7.63. The molecule has 0 spiro atoms. The number of rotatable bonds is 9. The second-order valence-corrected chi connectivity index (χ2v) is 6.40. The highest BCUT2D eigenvalue weighted by molar-refractivity contribution is 5.80. The fourth-order valence-electron chi connectivity index (χ4n) is 3.01. The molecule has 21 heavy (non-hydrogen) atoms. The first-order chi connectivity index (χ1) is 9.91. The van der Waals surface area contributed by atoms with Crippen LogP contribution in [0.1, 0.15) is 47.0 Å². The minimum absolute atomic E-state index is 0.144. The number of carbonyl (C=O) groups excluding carboxylic acids is 1. The summed E-state index contributed by atoms with van der Waals surface area (Å²) in [5.41, 5.74) is -0.593. The van der Waals surface area contributed by atoms with Crippen LogP contribution in [0.5, 0.6) is 0 Å². The van der Waals surface area contributed by atoms with Gasteiger partial charge < -0.3 is 14.4 Å². The molecule has 1 saturated heterocycles. The molecule has 0 aromatic heterocycles. The Morgan fingerprint density at radius 2 is 2.19 bits per heavy atom. The molecular weight excluding hydrogens is 268 g/mol. The number of ether oxygens (including phenoxy) is 2. The topological polar surface area (TPSA) is 50.8 Å². The van der Waals surface area contributed by atoms with Gasteiger partial charge in [0.2, 0.25) is 0 Å². The van der Waals surface area contributed by atoms with E-state index < -0.39 is 5.54 Å². The van der Waals surface area contributed by atoms with Gasteiger partial charge in [0, 0.05) is 26.2 Å². The lowest BCUT2D eigenvalue weighted by atomic mass is 9.94. The Hall–Kier alpha value is -0.650. The molecule has 0 aliphatic carbocycles. The summed E-state index contributed by atoms with van der Waals surface area (Å²) in [5.74, 6) is -0.144. The Morgan fingerprint density at radius 3 is 2.71 bits per heavy atom. The van der Waals surface area contributed by atoms with E-state index in [-0.39, 0.29) is 12.0 Å². The number of nitrogens with one attached hydrogen (secondary N) is 1. The second-order valence-electron chi connectivity index (χ2n) is 6.40. The zero-order valence-corrected chi connectivity index (χ0v) is 14.3. The first-order valence-electron chi connectivity index (χ1n) is 8.11. The molecule has 1 heterocycles. The molecule has 5 nitrogen and oxygen atoms in total. The predicted molar refractivity (Wildman–Crippen MR) is 84.4 cm³/mol. The maximum absolute atomic E-state index is 12.2. The predicted octanol–water partition coefficient (Wildman–Crippen LogP) is 1.81. The summed E-state index contributed by atoms with van der Waals surface area (Å²) >= 11 is 0. The highest BCUT2D eigenvalue weighted by Crippen LogP contribution is 2.18. The van der Waals surface area contributed by atoms with Crippen LogP contribution >= 0.6 is 0 Å². The van der Waals surface area contributed by atoms with Crippen LogP contribution in [-0.2, 0) is 14.3 Å². The molecule has 1 N–H and O–H groups in total. The minimum Gasteiger partial charge on any atom is -0.465 e. The third-order valence-electron chi connectivity index (χ3n) is 4.05. The van der Waals surface area contributed by atoms with Crippen molar-refractivity contribution in [1.82, 2.24) is 10.2 Å². The van der Waals surface area contributed by atoms with Crippen molar-refractivity contribution < 1.29 is 14.3 Å². The molecule has 2 unspecified atom stereocenters. The van der Waals surface area contributed by atoms with Gasteiger partial charge in [-0.15, -0.1) is 0 Å². The zero-order chi connectivity index (χ0) is 15.9. The lowest BCUT2D eigenvalue weighted by molar-refractivity contribution is -0.151. The first kappa shape index (κ1) is 18.4. The van der Waals surface area contributed by atoms with E-state index in [9.17, 15) is 4.79 Å². The SMILES string of the molecule is CCOC(=O)C(C)(CCCN1CCC(OC)C1)NC(C)C. The van der Waals surface area contributed by atoms with Gasteiger partial charge in [-0.25, -0.2) is 0 Å². The maximum atomic E-state index is 12.2. The van der Waals surface area contributed by atoms with E-state index in [1.54, 1.807) is 7.11 Å². The molecule has 124 valence electrons. The Labute approximate surface area is 129 Å². The summed E-state index contributed by atoms with van der Waals surface area (Å²) in [6, 6.07) is 0.254. The van der Waals surface area contributed by atoms with E-state index in [0.29, 0.717) is 12.7 Å². The number of hydrogen-bond acceptors (Lipinski definition) is 5. The molecule has 0 bridgehead atoms. The Bertz CT molecular complexity index is 323. The van der Waals surface area contributed by atoms with Crippen LogP contribution < -0.4 is 5.32 Å². The normalized spacial score (nSPS) is 22.5. The molecular formula is C16H32N2O3. The summed E-state index contributed by atoms with van der Waals surface area (Å²) in [6.45, 7) is 11.4. The number of likely N-dealkylation sites (tertiary alicyclic amines) is 1. The van der Waals surface area contributed by atoms with Crippen LogP contribution in [0.3, 0.4) is 0 Å². The van der Waals surface area contributed by atoms with E-state index in [4.69, 9.17) is 9.47 Å². The molecule has 5 heteroatoms. The van der Waals surface area contributed by atoms with Gasteiger partial charge in [-0.1, -0.05) is 0 Å². The van der Waals surface area contributed by atoms with Crippen molar-refractivity contribution in [2.75, 3.05) is 33.4 Å². The van der Waals surface area contributed by atoms with Gasteiger partial charge in [0.25, 0.3) is 0 Å². The number of esters is 1. The van der Waals surface area contributed by atoms with Crippen LogP contribution in [0.25, 0.3) is 0 Å². The van der Waals surface area contributed by atoms with Crippen molar-refractivity contribution >= 4 is 5.97 Å². The van der Waals surface area contributed by atoms with E-state index in [2.05, 4.69) is 24.1 Å². The molecule has 1 aliphatic heterocycles. The van der Waals surface area contributed by atoms with Gasteiger partial charge in [-0.05, 0) is 53.5 Å². The maximum Gasteiger partial charge on any atom is 0.326 e. The molecule has 1 fully saturated rings. The van der Waals surface area contributed by atoms with Crippen LogP contribution in [0.15, 0.2) is 0 Å². The van der Waals surface area contributed by atoms with Gasteiger partial charge in [-0.3, -0.25) is 10.1 Å². The lowest BCUT2D eigenvalue weighted by Crippen LogP contribution is -2.53. The van der Waals surface area contributed by atoms with E-state index >= 15 is 0 Å². The van der Waals surface area contributed by atoms with Crippen molar-refractivity contribution in [3.63, 3.8) is 0 Å². The van der Waals surface area contributed by atoms with Gasteiger partial charge in [0.1, 0.15) is 5.54 Å². The quantitative estimate of drug-likeness (QED) is 0.658. The van der Waals surface area contributed by atoms with Crippen LogP contribution in [-0.4, -0.2) is 61.9 Å². The highest BCUT2D eigenvalue weighted by Gasteiger charge is 2.35. The van der Waals surface area contributed by atoms with Gasteiger partial charge in [-0.2, -0.15) is 0 Å².